The third kappa shape index (κ3) is 11.8. The molecular formula is C20H38N6O5. The highest BCUT2D eigenvalue weighted by atomic mass is 16.4. The van der Waals surface area contributed by atoms with Crippen LogP contribution in [-0.4, -0.2) is 128 Å². The van der Waals surface area contributed by atoms with Crippen LogP contribution >= 0.6 is 0 Å². The molecule has 0 aliphatic carbocycles. The van der Waals surface area contributed by atoms with Gasteiger partial charge in [-0.25, -0.2) is 0 Å². The van der Waals surface area contributed by atoms with Crippen molar-refractivity contribution in [1.82, 2.24) is 30.2 Å². The first-order chi connectivity index (χ1) is 14.7. The van der Waals surface area contributed by atoms with Gasteiger partial charge < -0.3 is 15.7 Å². The molecule has 2 amide bonds. The van der Waals surface area contributed by atoms with E-state index in [0.717, 1.165) is 0 Å². The van der Waals surface area contributed by atoms with Crippen LogP contribution in [0.4, 0.5) is 0 Å². The zero-order valence-electron chi connectivity index (χ0n) is 19.0. The van der Waals surface area contributed by atoms with Crippen LogP contribution in [0.1, 0.15) is 20.8 Å². The van der Waals surface area contributed by atoms with Gasteiger partial charge in [0.15, 0.2) is 5.78 Å². The van der Waals surface area contributed by atoms with Crippen molar-refractivity contribution in [2.45, 2.75) is 20.8 Å². The minimum absolute atomic E-state index is 0.0780. The second-order valence-electron chi connectivity index (χ2n) is 8.82. The van der Waals surface area contributed by atoms with Gasteiger partial charge in [-0.3, -0.25) is 38.8 Å². The van der Waals surface area contributed by atoms with E-state index in [9.17, 15) is 24.3 Å². The molecule has 1 aliphatic heterocycles. The number of aliphatic carboxylic acids is 1. The number of hydrogen-bond acceptors (Lipinski definition) is 8. The van der Waals surface area contributed by atoms with Crippen LogP contribution in [-0.2, 0) is 19.2 Å². The first-order valence-electron chi connectivity index (χ1n) is 10.6. The highest BCUT2D eigenvalue weighted by Gasteiger charge is 2.25. The summed E-state index contributed by atoms with van der Waals surface area (Å²) < 4.78 is 0. The molecule has 1 aliphatic rings. The lowest BCUT2D eigenvalue weighted by Gasteiger charge is -2.34. The maximum Gasteiger partial charge on any atom is 0.317 e. The van der Waals surface area contributed by atoms with Crippen molar-refractivity contribution < 1.29 is 24.3 Å². The van der Waals surface area contributed by atoms with Gasteiger partial charge in [0.25, 0.3) is 0 Å². The van der Waals surface area contributed by atoms with Crippen molar-refractivity contribution in [1.29, 1.82) is 0 Å². The number of rotatable bonds is 10. The normalized spacial score (nSPS) is 19.1. The molecular weight excluding hydrogens is 404 g/mol. The van der Waals surface area contributed by atoms with Gasteiger partial charge in [0, 0.05) is 57.8 Å². The second-order valence-corrected chi connectivity index (χ2v) is 8.82. The van der Waals surface area contributed by atoms with Crippen LogP contribution in [0.25, 0.3) is 0 Å². The van der Waals surface area contributed by atoms with Crippen LogP contribution in [0, 0.1) is 5.41 Å². The monoisotopic (exact) mass is 442 g/mol. The zero-order chi connectivity index (χ0) is 23.3. The van der Waals surface area contributed by atoms with Crippen molar-refractivity contribution in [3.63, 3.8) is 0 Å². The summed E-state index contributed by atoms with van der Waals surface area (Å²) in [7, 11) is 0. The van der Waals surface area contributed by atoms with E-state index in [1.165, 1.54) is 0 Å². The molecule has 0 atom stereocenters. The number of carboxylic acid groups (broad SMARTS) is 1. The number of nitrogens with one attached hydrogen (secondary N) is 2. The molecule has 0 aromatic rings. The molecule has 0 unspecified atom stereocenters. The molecule has 11 nitrogen and oxygen atoms in total. The fourth-order valence-corrected chi connectivity index (χ4v) is 3.18. The maximum atomic E-state index is 12.6. The Hall–Kier alpha value is -2.08. The fourth-order valence-electron chi connectivity index (χ4n) is 3.18. The van der Waals surface area contributed by atoms with Gasteiger partial charge in [-0.1, -0.05) is 20.8 Å². The van der Waals surface area contributed by atoms with E-state index in [2.05, 4.69) is 20.4 Å². The molecule has 3 N–H and O–H groups in total. The quantitative estimate of drug-likeness (QED) is 0.340. The molecule has 1 saturated heterocycles. The summed E-state index contributed by atoms with van der Waals surface area (Å²) in [6.45, 7) is 11.4. The molecule has 0 saturated carbocycles. The number of carboxylic acids is 1. The highest BCUT2D eigenvalue weighted by Crippen LogP contribution is 2.15. The van der Waals surface area contributed by atoms with E-state index in [1.807, 2.05) is 30.6 Å². The molecule has 0 aromatic carbocycles. The summed E-state index contributed by atoms with van der Waals surface area (Å²) in [5.74, 6) is -0.763. The maximum absolute atomic E-state index is 12.6. The number of carbonyl (C=O) groups is 4. The number of ketones is 1. The van der Waals surface area contributed by atoms with Crippen LogP contribution in [0.3, 0.4) is 0 Å². The predicted molar refractivity (Wildman–Crippen MR) is 116 cm³/mol. The lowest BCUT2D eigenvalue weighted by atomic mass is 9.90. The molecule has 0 aromatic heterocycles. The van der Waals surface area contributed by atoms with Crippen LogP contribution < -0.4 is 10.6 Å². The summed E-state index contributed by atoms with van der Waals surface area (Å²) in [5, 5.41) is 14.6. The summed E-state index contributed by atoms with van der Waals surface area (Å²) in [6, 6.07) is 0. The van der Waals surface area contributed by atoms with Gasteiger partial charge in [0.1, 0.15) is 0 Å². The Morgan fingerprint density at radius 3 is 1.42 bits per heavy atom. The minimum atomic E-state index is -0.895. The minimum Gasteiger partial charge on any atom is -0.480 e. The van der Waals surface area contributed by atoms with E-state index in [-0.39, 0.29) is 12.3 Å². The molecule has 1 rings (SSSR count). The highest BCUT2D eigenvalue weighted by molar-refractivity contribution is 5.85. The predicted octanol–water partition coefficient (Wildman–Crippen LogP) is -1.69. The molecule has 31 heavy (non-hydrogen) atoms. The van der Waals surface area contributed by atoms with E-state index in [0.29, 0.717) is 85.1 Å². The van der Waals surface area contributed by atoms with Gasteiger partial charge in [0.05, 0.1) is 26.4 Å². The van der Waals surface area contributed by atoms with Gasteiger partial charge in [-0.05, 0) is 0 Å². The summed E-state index contributed by atoms with van der Waals surface area (Å²) in [4.78, 5) is 53.4. The Bertz CT molecular complexity index is 583. The van der Waals surface area contributed by atoms with E-state index in [1.54, 1.807) is 0 Å². The fraction of sp³-hybridized carbons (Fsp3) is 0.800. The Kier molecular flexibility index (Phi) is 12.2. The van der Waals surface area contributed by atoms with Crippen LogP contribution in [0.15, 0.2) is 0 Å². The lowest BCUT2D eigenvalue weighted by Crippen LogP contribution is -2.50. The van der Waals surface area contributed by atoms with E-state index in [4.69, 9.17) is 0 Å². The molecule has 0 spiro atoms. The summed E-state index contributed by atoms with van der Waals surface area (Å²) in [5.41, 5.74) is -0.449. The summed E-state index contributed by atoms with van der Waals surface area (Å²) in [6.07, 6.45) is 1.30. The largest absolute Gasteiger partial charge is 0.480 e. The smallest absolute Gasteiger partial charge is 0.317 e. The molecule has 0 radical (unpaired) electrons. The number of hydrogen-bond donors (Lipinski definition) is 3. The van der Waals surface area contributed by atoms with Gasteiger partial charge >= 0.3 is 5.97 Å². The second kappa shape index (κ2) is 14.1. The van der Waals surface area contributed by atoms with Gasteiger partial charge in [0.2, 0.25) is 12.8 Å². The Balaban J connectivity index is 2.93. The third-order valence-corrected chi connectivity index (χ3v) is 5.29. The standard InChI is InChI=1S/C20H38N6O5/c1-20(2,3)18(29)12-23-4-5-24(13-19(30)31)7-9-26(15-22-17-28)11-10-25(8-6-23)14-21-16-27/h16-17H,4-15H2,1-3H3,(H,21,27)(H,22,28)(H,30,31). The Morgan fingerprint density at radius 2 is 1.10 bits per heavy atom. The number of carbonyl (C=O) groups excluding carboxylic acids is 3. The van der Waals surface area contributed by atoms with Crippen molar-refractivity contribution >= 4 is 24.6 Å². The Labute approximate surface area is 184 Å². The third-order valence-electron chi connectivity index (χ3n) is 5.29. The van der Waals surface area contributed by atoms with Crippen LogP contribution in [0.2, 0.25) is 0 Å². The number of nitrogens with zero attached hydrogens (tertiary/aromatic N) is 4. The Morgan fingerprint density at radius 1 is 0.742 bits per heavy atom. The van der Waals surface area contributed by atoms with E-state index >= 15 is 0 Å². The molecule has 0 bridgehead atoms. The topological polar surface area (TPSA) is 126 Å². The van der Waals surface area contributed by atoms with Gasteiger partial charge in [-0.15, -0.1) is 0 Å². The van der Waals surface area contributed by atoms with Gasteiger partial charge in [-0.2, -0.15) is 0 Å². The summed E-state index contributed by atoms with van der Waals surface area (Å²) >= 11 is 0. The van der Waals surface area contributed by atoms with Crippen molar-refractivity contribution in [2.24, 2.45) is 5.41 Å². The first-order valence-corrected chi connectivity index (χ1v) is 10.6. The molecule has 178 valence electrons. The first kappa shape index (κ1) is 27.0. The van der Waals surface area contributed by atoms with Crippen LogP contribution in [0.5, 0.6) is 0 Å². The molecule has 11 heteroatoms. The average Bonchev–Trinajstić information content (AvgIpc) is 2.69. The van der Waals surface area contributed by atoms with Crippen molar-refractivity contribution in [3.05, 3.63) is 0 Å². The van der Waals surface area contributed by atoms with Crippen molar-refractivity contribution in [3.8, 4) is 0 Å². The number of Topliss-reactive ketones (excluding diaryl/α,β-unsaturated/α-hetero) is 1. The number of amides is 2. The zero-order valence-corrected chi connectivity index (χ0v) is 19.0. The SMILES string of the molecule is CC(C)(C)C(=O)CN1CCN(CNC=O)CCN(CNC=O)CCN(CC(=O)O)CC1. The average molecular weight is 443 g/mol. The molecule has 1 fully saturated rings. The lowest BCUT2D eigenvalue weighted by molar-refractivity contribution is -0.138. The van der Waals surface area contributed by atoms with E-state index < -0.39 is 11.4 Å². The van der Waals surface area contributed by atoms with Crippen molar-refractivity contribution in [2.75, 3.05) is 78.8 Å². The molecule has 1 heterocycles.